The lowest BCUT2D eigenvalue weighted by atomic mass is 10.0. The summed E-state index contributed by atoms with van der Waals surface area (Å²) in [7, 11) is -3.37. The molecule has 1 heterocycles. The number of nitro benzene ring substituents is 1. The van der Waals surface area contributed by atoms with Crippen LogP contribution in [-0.2, 0) is 9.84 Å². The van der Waals surface area contributed by atoms with Crippen LogP contribution in [0.3, 0.4) is 0 Å². The van der Waals surface area contributed by atoms with E-state index in [9.17, 15) is 27.3 Å². The number of nitrogens with zero attached hydrogens (tertiary/aromatic N) is 2. The normalized spacial score (nSPS) is 19.6. The van der Waals surface area contributed by atoms with E-state index in [1.165, 1.54) is 4.90 Å². The van der Waals surface area contributed by atoms with Crippen LogP contribution in [0, 0.1) is 21.7 Å². The standard InChI is InChI=1S/C14H18F2N2O4S/c1-3-14(4-2)9-17(5-6-23(14,21)22)13-11(15)7-10(18(19)20)8-12(13)16/h7-8H,3-6,9H2,1-2H3. The lowest BCUT2D eigenvalue weighted by molar-refractivity contribution is -0.385. The summed E-state index contributed by atoms with van der Waals surface area (Å²) in [5.74, 6) is -2.32. The SMILES string of the molecule is CCC1(CC)CN(c2c(F)cc([N+](=O)[O-])cc2F)CCS1(=O)=O. The summed E-state index contributed by atoms with van der Waals surface area (Å²) in [5, 5.41) is 10.7. The number of hydrogen-bond acceptors (Lipinski definition) is 5. The van der Waals surface area contributed by atoms with Crippen LogP contribution in [0.5, 0.6) is 0 Å². The summed E-state index contributed by atoms with van der Waals surface area (Å²) in [5.41, 5.74) is -1.08. The molecule has 23 heavy (non-hydrogen) atoms. The van der Waals surface area contributed by atoms with Crippen molar-refractivity contribution in [1.29, 1.82) is 0 Å². The Morgan fingerprint density at radius 1 is 1.26 bits per heavy atom. The molecule has 0 radical (unpaired) electrons. The fraction of sp³-hybridized carbons (Fsp3) is 0.571. The van der Waals surface area contributed by atoms with E-state index in [4.69, 9.17) is 0 Å². The Morgan fingerprint density at radius 2 is 1.78 bits per heavy atom. The van der Waals surface area contributed by atoms with E-state index in [0.717, 1.165) is 0 Å². The number of anilines is 1. The first kappa shape index (κ1) is 17.6. The third kappa shape index (κ3) is 2.89. The average molecular weight is 348 g/mol. The highest BCUT2D eigenvalue weighted by molar-refractivity contribution is 7.92. The Hall–Kier alpha value is -1.77. The van der Waals surface area contributed by atoms with Crippen molar-refractivity contribution in [1.82, 2.24) is 0 Å². The molecule has 1 aliphatic rings. The van der Waals surface area contributed by atoms with Gasteiger partial charge in [-0.05, 0) is 12.8 Å². The van der Waals surface area contributed by atoms with Crippen molar-refractivity contribution in [3.05, 3.63) is 33.9 Å². The van der Waals surface area contributed by atoms with E-state index in [2.05, 4.69) is 0 Å². The Bertz CT molecular complexity index is 709. The summed E-state index contributed by atoms with van der Waals surface area (Å²) in [6.45, 7) is 3.38. The molecule has 1 aromatic rings. The summed E-state index contributed by atoms with van der Waals surface area (Å²) >= 11 is 0. The summed E-state index contributed by atoms with van der Waals surface area (Å²) in [6, 6.07) is 1.31. The van der Waals surface area contributed by atoms with Gasteiger partial charge in [-0.1, -0.05) is 13.8 Å². The van der Waals surface area contributed by atoms with Gasteiger partial charge in [-0.2, -0.15) is 0 Å². The predicted octanol–water partition coefficient (Wildman–Crippen LogP) is 2.67. The molecule has 128 valence electrons. The molecule has 6 nitrogen and oxygen atoms in total. The molecule has 0 aromatic heterocycles. The lowest BCUT2D eigenvalue weighted by Gasteiger charge is -2.42. The maximum atomic E-state index is 14.2. The zero-order chi connectivity index (χ0) is 17.4. The third-order valence-corrected chi connectivity index (χ3v) is 7.33. The molecule has 0 saturated carbocycles. The molecule has 0 aliphatic carbocycles. The maximum absolute atomic E-state index is 14.2. The van der Waals surface area contributed by atoms with E-state index >= 15 is 0 Å². The molecule has 0 spiro atoms. The van der Waals surface area contributed by atoms with E-state index in [-0.39, 0.29) is 18.8 Å². The van der Waals surface area contributed by atoms with Crippen LogP contribution in [-0.4, -0.2) is 36.9 Å². The highest BCUT2D eigenvalue weighted by atomic mass is 32.2. The van der Waals surface area contributed by atoms with Gasteiger partial charge >= 0.3 is 0 Å². The average Bonchev–Trinajstić information content (AvgIpc) is 2.47. The maximum Gasteiger partial charge on any atom is 0.275 e. The molecule has 9 heteroatoms. The molecular weight excluding hydrogens is 330 g/mol. The van der Waals surface area contributed by atoms with Crippen LogP contribution >= 0.6 is 0 Å². The van der Waals surface area contributed by atoms with Crippen molar-refractivity contribution < 1.29 is 22.1 Å². The first-order chi connectivity index (χ1) is 10.7. The fourth-order valence-electron chi connectivity index (χ4n) is 3.04. The summed E-state index contributed by atoms with van der Waals surface area (Å²) in [6.07, 6.45) is 0.664. The van der Waals surface area contributed by atoms with Gasteiger partial charge in [-0.25, -0.2) is 17.2 Å². The molecule has 2 rings (SSSR count). The number of sulfone groups is 1. The summed E-state index contributed by atoms with van der Waals surface area (Å²) in [4.78, 5) is 11.1. The number of rotatable bonds is 4. The topological polar surface area (TPSA) is 80.5 Å². The highest BCUT2D eigenvalue weighted by Gasteiger charge is 2.46. The van der Waals surface area contributed by atoms with Crippen LogP contribution in [0.15, 0.2) is 12.1 Å². The van der Waals surface area contributed by atoms with E-state index in [0.29, 0.717) is 25.0 Å². The number of non-ortho nitro benzene ring substituents is 1. The minimum absolute atomic E-state index is 0.0337. The first-order valence-electron chi connectivity index (χ1n) is 7.28. The minimum atomic E-state index is -3.37. The highest BCUT2D eigenvalue weighted by Crippen LogP contribution is 2.36. The van der Waals surface area contributed by atoms with Crippen molar-refractivity contribution >= 4 is 21.2 Å². The zero-order valence-electron chi connectivity index (χ0n) is 12.9. The van der Waals surface area contributed by atoms with Crippen LogP contribution in [0.1, 0.15) is 26.7 Å². The van der Waals surface area contributed by atoms with Crippen molar-refractivity contribution in [2.24, 2.45) is 0 Å². The molecule has 1 fully saturated rings. The monoisotopic (exact) mass is 348 g/mol. The number of benzene rings is 1. The Kier molecular flexibility index (Phi) is 4.61. The second kappa shape index (κ2) is 6.03. The Labute approximate surface area is 133 Å². The van der Waals surface area contributed by atoms with Gasteiger partial charge in [0.05, 0.1) is 27.6 Å². The van der Waals surface area contributed by atoms with Gasteiger partial charge in [0.15, 0.2) is 21.5 Å². The van der Waals surface area contributed by atoms with Gasteiger partial charge in [-0.3, -0.25) is 10.1 Å². The number of halogens is 2. The molecule has 0 amide bonds. The van der Waals surface area contributed by atoms with Gasteiger partial charge < -0.3 is 4.90 Å². The number of hydrogen-bond donors (Lipinski definition) is 0. The largest absolute Gasteiger partial charge is 0.364 e. The van der Waals surface area contributed by atoms with E-state index < -0.39 is 42.5 Å². The Morgan fingerprint density at radius 3 is 2.22 bits per heavy atom. The molecule has 0 atom stereocenters. The predicted molar refractivity (Wildman–Crippen MR) is 82.3 cm³/mol. The first-order valence-corrected chi connectivity index (χ1v) is 8.93. The second-order valence-corrected chi connectivity index (χ2v) is 8.15. The van der Waals surface area contributed by atoms with Crippen LogP contribution < -0.4 is 4.90 Å². The van der Waals surface area contributed by atoms with Crippen molar-refractivity contribution in [3.8, 4) is 0 Å². The molecule has 1 saturated heterocycles. The Balaban J connectivity index is 2.46. The molecular formula is C14H18F2N2O4S. The molecule has 0 unspecified atom stereocenters. The fourth-order valence-corrected chi connectivity index (χ4v) is 5.16. The quantitative estimate of drug-likeness (QED) is 0.617. The van der Waals surface area contributed by atoms with Gasteiger partial charge in [0.1, 0.15) is 5.69 Å². The smallest absolute Gasteiger partial charge is 0.275 e. The van der Waals surface area contributed by atoms with Crippen molar-refractivity contribution in [2.75, 3.05) is 23.7 Å². The molecule has 0 bridgehead atoms. The third-order valence-electron chi connectivity index (χ3n) is 4.59. The molecule has 1 aromatic carbocycles. The lowest BCUT2D eigenvalue weighted by Crippen LogP contribution is -2.56. The van der Waals surface area contributed by atoms with E-state index in [1.807, 2.05) is 0 Å². The van der Waals surface area contributed by atoms with Crippen LogP contribution in [0.2, 0.25) is 0 Å². The van der Waals surface area contributed by atoms with E-state index in [1.54, 1.807) is 13.8 Å². The van der Waals surface area contributed by atoms with Crippen molar-refractivity contribution in [3.63, 3.8) is 0 Å². The zero-order valence-corrected chi connectivity index (χ0v) is 13.7. The van der Waals surface area contributed by atoms with Gasteiger partial charge in [0.25, 0.3) is 5.69 Å². The second-order valence-electron chi connectivity index (χ2n) is 5.65. The number of nitro groups is 1. The minimum Gasteiger partial charge on any atom is -0.364 e. The van der Waals surface area contributed by atoms with Gasteiger partial charge in [-0.15, -0.1) is 0 Å². The van der Waals surface area contributed by atoms with Gasteiger partial charge in [0, 0.05) is 13.1 Å². The molecule has 0 N–H and O–H groups in total. The summed E-state index contributed by atoms with van der Waals surface area (Å²) < 4.78 is 52.0. The van der Waals surface area contributed by atoms with Crippen molar-refractivity contribution in [2.45, 2.75) is 31.4 Å². The van der Waals surface area contributed by atoms with Crippen LogP contribution in [0.4, 0.5) is 20.2 Å². The molecule has 1 aliphatic heterocycles. The van der Waals surface area contributed by atoms with Gasteiger partial charge in [0.2, 0.25) is 0 Å². The van der Waals surface area contributed by atoms with Crippen LogP contribution in [0.25, 0.3) is 0 Å².